The number of aliphatic hydroxyl groups is 1. The van der Waals surface area contributed by atoms with Gasteiger partial charge in [0.1, 0.15) is 0 Å². The van der Waals surface area contributed by atoms with Gasteiger partial charge < -0.3 is 5.11 Å². The Kier molecular flexibility index (Phi) is 10.4. The zero-order valence-corrected chi connectivity index (χ0v) is 19.9. The smallest absolute Gasteiger partial charge is 0.0431 e. The molecule has 1 heteroatoms. The second kappa shape index (κ2) is 12.7. The van der Waals surface area contributed by atoms with Crippen LogP contribution in [0, 0.1) is 41.4 Å². The molecule has 0 spiro atoms. The lowest BCUT2D eigenvalue weighted by Gasteiger charge is -2.45. The molecule has 1 nitrogen and oxygen atoms in total. The summed E-state index contributed by atoms with van der Waals surface area (Å²) in [5, 5.41) is 9.11. The van der Waals surface area contributed by atoms with Crippen molar-refractivity contribution in [2.45, 2.75) is 129 Å². The van der Waals surface area contributed by atoms with Crippen LogP contribution < -0.4 is 0 Å². The summed E-state index contributed by atoms with van der Waals surface area (Å²) in [4.78, 5) is 0. The van der Waals surface area contributed by atoms with E-state index in [9.17, 15) is 0 Å². The number of rotatable bonds is 10. The summed E-state index contributed by atoms with van der Waals surface area (Å²) in [6, 6.07) is 0. The maximum Gasteiger partial charge on any atom is 0.0431 e. The Bertz CT molecular complexity index is 416. The van der Waals surface area contributed by atoms with Crippen molar-refractivity contribution >= 4 is 0 Å². The number of hydrogen-bond acceptors (Lipinski definition) is 1. The number of unbranched alkanes of at least 4 members (excludes halogenated alkanes) is 2. The first-order valence-corrected chi connectivity index (χ1v) is 13.9. The minimum absolute atomic E-state index is 0.391. The van der Waals surface area contributed by atoms with Gasteiger partial charge in [-0.15, -0.1) is 0 Å². The van der Waals surface area contributed by atoms with Crippen LogP contribution in [0.4, 0.5) is 0 Å². The Morgan fingerprint density at radius 2 is 1.21 bits per heavy atom. The van der Waals surface area contributed by atoms with Gasteiger partial charge in [0.05, 0.1) is 0 Å². The molecule has 0 saturated heterocycles. The highest BCUT2D eigenvalue weighted by atomic mass is 16.2. The average molecular weight is 405 g/mol. The molecule has 0 aliphatic heterocycles. The monoisotopic (exact) mass is 404 g/mol. The van der Waals surface area contributed by atoms with Crippen LogP contribution >= 0.6 is 0 Å². The van der Waals surface area contributed by atoms with Gasteiger partial charge in [0, 0.05) is 6.61 Å². The molecule has 3 aliphatic rings. The maximum absolute atomic E-state index is 9.11. The first-order valence-electron chi connectivity index (χ1n) is 13.9. The molecule has 3 fully saturated rings. The van der Waals surface area contributed by atoms with Crippen molar-refractivity contribution < 1.29 is 5.11 Å². The molecular formula is C28H52O. The highest BCUT2D eigenvalue weighted by Gasteiger charge is 2.39. The van der Waals surface area contributed by atoms with Crippen LogP contribution in [-0.4, -0.2) is 11.7 Å². The Morgan fingerprint density at radius 1 is 0.621 bits per heavy atom. The standard InChI is InChI=1S/C28H52O/c1-3-5-6-8-22-10-14-25(15-11-22)27-18-19-28(24(4-2)21-27)26-16-12-23(13-17-26)9-7-20-29/h22-29H,3-21H2,1-2H3. The predicted molar refractivity (Wildman–Crippen MR) is 126 cm³/mol. The lowest BCUT2D eigenvalue weighted by atomic mass is 9.60. The van der Waals surface area contributed by atoms with Crippen molar-refractivity contribution in [1.29, 1.82) is 0 Å². The summed E-state index contributed by atoms with van der Waals surface area (Å²) in [6.45, 7) is 5.21. The normalized spacial score (nSPS) is 38.8. The SMILES string of the molecule is CCCCCC1CCC(C2CCC(C3CCC(CCCO)CC3)C(CC)C2)CC1. The van der Waals surface area contributed by atoms with Gasteiger partial charge in [-0.3, -0.25) is 0 Å². The minimum atomic E-state index is 0.391. The number of hydrogen-bond donors (Lipinski definition) is 1. The van der Waals surface area contributed by atoms with Crippen LogP contribution in [0.3, 0.4) is 0 Å². The van der Waals surface area contributed by atoms with Gasteiger partial charge in [-0.05, 0) is 99.2 Å². The van der Waals surface area contributed by atoms with Crippen LogP contribution in [0.5, 0.6) is 0 Å². The lowest BCUT2D eigenvalue weighted by molar-refractivity contribution is 0.0518. The van der Waals surface area contributed by atoms with Crippen molar-refractivity contribution in [1.82, 2.24) is 0 Å². The molecule has 3 unspecified atom stereocenters. The second-order valence-electron chi connectivity index (χ2n) is 11.3. The molecular weight excluding hydrogens is 352 g/mol. The van der Waals surface area contributed by atoms with Gasteiger partial charge in [0.25, 0.3) is 0 Å². The van der Waals surface area contributed by atoms with Crippen molar-refractivity contribution in [3.05, 3.63) is 0 Å². The molecule has 0 aromatic rings. The summed E-state index contributed by atoms with van der Waals surface area (Å²) in [5.74, 6) is 7.21. The van der Waals surface area contributed by atoms with E-state index in [4.69, 9.17) is 5.11 Å². The van der Waals surface area contributed by atoms with Crippen LogP contribution in [0.15, 0.2) is 0 Å². The zero-order valence-electron chi connectivity index (χ0n) is 19.9. The van der Waals surface area contributed by atoms with Crippen LogP contribution in [0.25, 0.3) is 0 Å². The van der Waals surface area contributed by atoms with Crippen LogP contribution in [-0.2, 0) is 0 Å². The Morgan fingerprint density at radius 3 is 1.79 bits per heavy atom. The highest BCUT2D eigenvalue weighted by Crippen LogP contribution is 2.49. The molecule has 3 atom stereocenters. The van der Waals surface area contributed by atoms with E-state index in [0.29, 0.717) is 6.61 Å². The Hall–Kier alpha value is -0.0400. The van der Waals surface area contributed by atoms with Crippen molar-refractivity contribution in [2.24, 2.45) is 41.4 Å². The first kappa shape index (κ1) is 23.6. The Labute approximate surface area is 182 Å². The molecule has 0 aromatic heterocycles. The zero-order chi connectivity index (χ0) is 20.5. The van der Waals surface area contributed by atoms with E-state index in [1.807, 2.05) is 0 Å². The molecule has 1 N–H and O–H groups in total. The largest absolute Gasteiger partial charge is 0.396 e. The summed E-state index contributed by atoms with van der Waals surface area (Å²) in [7, 11) is 0. The van der Waals surface area contributed by atoms with Crippen molar-refractivity contribution in [3.63, 3.8) is 0 Å². The molecule has 3 rings (SSSR count). The molecule has 0 amide bonds. The van der Waals surface area contributed by atoms with E-state index in [0.717, 1.165) is 47.8 Å². The van der Waals surface area contributed by atoms with E-state index in [-0.39, 0.29) is 0 Å². The Balaban J connectivity index is 1.41. The second-order valence-corrected chi connectivity index (χ2v) is 11.3. The van der Waals surface area contributed by atoms with E-state index < -0.39 is 0 Å². The molecule has 0 bridgehead atoms. The van der Waals surface area contributed by atoms with Crippen LogP contribution in [0.2, 0.25) is 0 Å². The van der Waals surface area contributed by atoms with Crippen molar-refractivity contribution in [2.75, 3.05) is 6.61 Å². The van der Waals surface area contributed by atoms with E-state index in [1.165, 1.54) is 64.2 Å². The quantitative estimate of drug-likeness (QED) is 0.362. The highest BCUT2D eigenvalue weighted by molar-refractivity contribution is 4.89. The van der Waals surface area contributed by atoms with Crippen molar-refractivity contribution in [3.8, 4) is 0 Å². The summed E-state index contributed by atoms with van der Waals surface area (Å²) in [5.41, 5.74) is 0. The average Bonchev–Trinajstić information content (AvgIpc) is 2.78. The lowest BCUT2D eigenvalue weighted by Crippen LogP contribution is -2.35. The molecule has 29 heavy (non-hydrogen) atoms. The van der Waals surface area contributed by atoms with Gasteiger partial charge in [-0.2, -0.15) is 0 Å². The minimum Gasteiger partial charge on any atom is -0.396 e. The molecule has 170 valence electrons. The fraction of sp³-hybridized carbons (Fsp3) is 1.00. The van der Waals surface area contributed by atoms with Gasteiger partial charge >= 0.3 is 0 Å². The van der Waals surface area contributed by atoms with Gasteiger partial charge in [0.2, 0.25) is 0 Å². The number of aliphatic hydroxyl groups excluding tert-OH is 1. The third kappa shape index (κ3) is 6.98. The maximum atomic E-state index is 9.11. The van der Waals surface area contributed by atoms with Gasteiger partial charge in [-0.25, -0.2) is 0 Å². The van der Waals surface area contributed by atoms with Crippen LogP contribution in [0.1, 0.15) is 129 Å². The first-order chi connectivity index (χ1) is 14.2. The topological polar surface area (TPSA) is 20.2 Å². The van der Waals surface area contributed by atoms with E-state index >= 15 is 0 Å². The van der Waals surface area contributed by atoms with Gasteiger partial charge in [-0.1, -0.05) is 71.6 Å². The molecule has 0 heterocycles. The predicted octanol–water partition coefficient (Wildman–Crippen LogP) is 8.39. The third-order valence-corrected chi connectivity index (χ3v) is 9.65. The molecule has 3 aliphatic carbocycles. The summed E-state index contributed by atoms with van der Waals surface area (Å²) >= 11 is 0. The molecule has 0 radical (unpaired) electrons. The van der Waals surface area contributed by atoms with E-state index in [1.54, 1.807) is 44.9 Å². The fourth-order valence-corrected chi connectivity index (χ4v) is 7.76. The molecule has 3 saturated carbocycles. The summed E-state index contributed by atoms with van der Waals surface area (Å²) < 4.78 is 0. The third-order valence-electron chi connectivity index (χ3n) is 9.65. The van der Waals surface area contributed by atoms with Gasteiger partial charge in [0.15, 0.2) is 0 Å². The fourth-order valence-electron chi connectivity index (χ4n) is 7.76. The van der Waals surface area contributed by atoms with E-state index in [2.05, 4.69) is 13.8 Å². The molecule has 0 aromatic carbocycles. The summed E-state index contributed by atoms with van der Waals surface area (Å²) in [6.07, 6.45) is 26.3.